The number of hydrogen-bond donors (Lipinski definition) is 3. The summed E-state index contributed by atoms with van der Waals surface area (Å²) in [4.78, 5) is 12.2. The van der Waals surface area contributed by atoms with Crippen molar-refractivity contribution in [3.63, 3.8) is 0 Å². The van der Waals surface area contributed by atoms with Crippen molar-refractivity contribution >= 4 is 49.1 Å². The summed E-state index contributed by atoms with van der Waals surface area (Å²) in [5.74, 6) is -0.170. The maximum atomic E-state index is 12.2. The first-order chi connectivity index (χ1) is 9.92. The number of phenolic OH excluding ortho intramolecular Hbond substituents is 1. The van der Waals surface area contributed by atoms with Gasteiger partial charge in [0, 0.05) is 15.0 Å². The molecule has 0 atom stereocenters. The lowest BCUT2D eigenvalue weighted by molar-refractivity contribution is 0.102. The van der Waals surface area contributed by atoms with E-state index in [1.54, 1.807) is 18.2 Å². The van der Waals surface area contributed by atoms with Crippen LogP contribution in [0.5, 0.6) is 11.5 Å². The SMILES string of the molecule is COc1ccc(C(=O)Nc2c(N)cc(Br)cc2Br)c(O)c1. The summed E-state index contributed by atoms with van der Waals surface area (Å²) in [6.45, 7) is 0. The first-order valence-corrected chi connectivity index (χ1v) is 7.44. The van der Waals surface area contributed by atoms with Crippen molar-refractivity contribution in [2.45, 2.75) is 0 Å². The van der Waals surface area contributed by atoms with Crippen LogP contribution < -0.4 is 15.8 Å². The molecule has 0 saturated heterocycles. The van der Waals surface area contributed by atoms with E-state index in [1.165, 1.54) is 19.2 Å². The number of carbonyl (C=O) groups excluding carboxylic acids is 1. The second-order valence-corrected chi connectivity index (χ2v) is 5.96. The molecule has 0 aliphatic rings. The number of ether oxygens (including phenoxy) is 1. The summed E-state index contributed by atoms with van der Waals surface area (Å²) in [5, 5.41) is 12.5. The topological polar surface area (TPSA) is 84.6 Å². The Hall–Kier alpha value is -1.73. The molecule has 2 aromatic carbocycles. The van der Waals surface area contributed by atoms with E-state index in [9.17, 15) is 9.90 Å². The average molecular weight is 416 g/mol. The normalized spacial score (nSPS) is 10.2. The summed E-state index contributed by atoms with van der Waals surface area (Å²) < 4.78 is 6.40. The highest BCUT2D eigenvalue weighted by Gasteiger charge is 2.15. The third kappa shape index (κ3) is 3.48. The minimum atomic E-state index is -0.468. The van der Waals surface area contributed by atoms with Gasteiger partial charge >= 0.3 is 0 Å². The van der Waals surface area contributed by atoms with Crippen molar-refractivity contribution in [1.29, 1.82) is 0 Å². The molecule has 0 unspecified atom stereocenters. The second-order valence-electron chi connectivity index (χ2n) is 4.19. The Morgan fingerprint density at radius 2 is 2.00 bits per heavy atom. The number of hydrogen-bond acceptors (Lipinski definition) is 4. The van der Waals surface area contributed by atoms with Gasteiger partial charge in [-0.2, -0.15) is 0 Å². The second kappa shape index (κ2) is 6.36. The van der Waals surface area contributed by atoms with E-state index < -0.39 is 5.91 Å². The van der Waals surface area contributed by atoms with Crippen LogP contribution in [0.2, 0.25) is 0 Å². The van der Waals surface area contributed by atoms with Crippen LogP contribution >= 0.6 is 31.9 Å². The summed E-state index contributed by atoms with van der Waals surface area (Å²) >= 11 is 6.64. The number of halogens is 2. The molecule has 2 rings (SSSR count). The number of nitrogen functional groups attached to an aromatic ring is 1. The molecule has 0 aromatic heterocycles. The Kier molecular flexibility index (Phi) is 4.74. The van der Waals surface area contributed by atoms with Crippen LogP contribution in [-0.2, 0) is 0 Å². The number of nitrogens with one attached hydrogen (secondary N) is 1. The number of benzene rings is 2. The van der Waals surface area contributed by atoms with Gasteiger partial charge in [-0.05, 0) is 40.2 Å². The van der Waals surface area contributed by atoms with Gasteiger partial charge in [-0.15, -0.1) is 0 Å². The average Bonchev–Trinajstić information content (AvgIpc) is 2.42. The number of methoxy groups -OCH3 is 1. The van der Waals surface area contributed by atoms with Gasteiger partial charge in [-0.3, -0.25) is 4.79 Å². The van der Waals surface area contributed by atoms with Gasteiger partial charge < -0.3 is 20.9 Å². The van der Waals surface area contributed by atoms with Crippen LogP contribution in [0.25, 0.3) is 0 Å². The molecule has 5 nitrogen and oxygen atoms in total. The van der Waals surface area contributed by atoms with E-state index in [-0.39, 0.29) is 11.3 Å². The molecule has 1 amide bonds. The Balaban J connectivity index is 2.30. The highest BCUT2D eigenvalue weighted by Crippen LogP contribution is 2.33. The molecule has 0 aliphatic heterocycles. The Morgan fingerprint density at radius 1 is 1.29 bits per heavy atom. The molecule has 7 heteroatoms. The lowest BCUT2D eigenvalue weighted by atomic mass is 10.1. The number of phenols is 1. The van der Waals surface area contributed by atoms with E-state index in [1.807, 2.05) is 0 Å². The predicted octanol–water partition coefficient (Wildman–Crippen LogP) is 3.76. The fourth-order valence-corrected chi connectivity index (χ4v) is 3.09. The number of nitrogens with two attached hydrogens (primary N) is 1. The molecule has 21 heavy (non-hydrogen) atoms. The van der Waals surface area contributed by atoms with Gasteiger partial charge in [0.15, 0.2) is 0 Å². The molecule has 0 fully saturated rings. The lowest BCUT2D eigenvalue weighted by Gasteiger charge is -2.12. The van der Waals surface area contributed by atoms with Crippen molar-refractivity contribution in [3.8, 4) is 11.5 Å². The minimum absolute atomic E-state index is 0.130. The molecular formula is C14H12Br2N2O3. The van der Waals surface area contributed by atoms with Gasteiger partial charge in [0.1, 0.15) is 11.5 Å². The van der Waals surface area contributed by atoms with Crippen molar-refractivity contribution in [2.75, 3.05) is 18.2 Å². The van der Waals surface area contributed by atoms with Gasteiger partial charge in [-0.1, -0.05) is 15.9 Å². The molecule has 0 radical (unpaired) electrons. The van der Waals surface area contributed by atoms with Crippen LogP contribution in [0.3, 0.4) is 0 Å². The molecule has 0 heterocycles. The van der Waals surface area contributed by atoms with E-state index in [2.05, 4.69) is 37.2 Å². The van der Waals surface area contributed by atoms with Crippen LogP contribution in [0.4, 0.5) is 11.4 Å². The van der Waals surface area contributed by atoms with Crippen molar-refractivity contribution < 1.29 is 14.6 Å². The molecule has 0 spiro atoms. The summed E-state index contributed by atoms with van der Waals surface area (Å²) in [7, 11) is 1.48. The van der Waals surface area contributed by atoms with Crippen molar-refractivity contribution in [3.05, 3.63) is 44.8 Å². The molecule has 110 valence electrons. The number of aromatic hydroxyl groups is 1. The zero-order chi connectivity index (χ0) is 15.6. The van der Waals surface area contributed by atoms with Crippen LogP contribution in [0, 0.1) is 0 Å². The molecule has 2 aromatic rings. The Labute approximate surface area is 138 Å². The third-order valence-electron chi connectivity index (χ3n) is 2.77. The summed E-state index contributed by atoms with van der Waals surface area (Å²) in [6, 6.07) is 7.88. The van der Waals surface area contributed by atoms with E-state index in [4.69, 9.17) is 10.5 Å². The van der Waals surface area contributed by atoms with E-state index in [0.717, 1.165) is 4.47 Å². The minimum Gasteiger partial charge on any atom is -0.507 e. The fourth-order valence-electron chi connectivity index (χ4n) is 1.74. The number of carbonyl (C=O) groups is 1. The molecule has 0 aliphatic carbocycles. The van der Waals surface area contributed by atoms with Gasteiger partial charge in [-0.25, -0.2) is 0 Å². The maximum Gasteiger partial charge on any atom is 0.259 e. The summed E-state index contributed by atoms with van der Waals surface area (Å²) in [6.07, 6.45) is 0. The Morgan fingerprint density at radius 3 is 2.57 bits per heavy atom. The van der Waals surface area contributed by atoms with Crippen molar-refractivity contribution in [2.24, 2.45) is 0 Å². The monoisotopic (exact) mass is 414 g/mol. The highest BCUT2D eigenvalue weighted by atomic mass is 79.9. The Bertz CT molecular complexity index is 682. The largest absolute Gasteiger partial charge is 0.507 e. The zero-order valence-electron chi connectivity index (χ0n) is 11.0. The standard InChI is InChI=1S/C14H12Br2N2O3/c1-21-8-2-3-9(12(19)6-8)14(20)18-13-10(16)4-7(15)5-11(13)17/h2-6,19H,17H2,1H3,(H,18,20). The van der Waals surface area contributed by atoms with E-state index in [0.29, 0.717) is 21.6 Å². The lowest BCUT2D eigenvalue weighted by Crippen LogP contribution is -2.14. The number of anilines is 2. The van der Waals surface area contributed by atoms with Crippen molar-refractivity contribution in [1.82, 2.24) is 0 Å². The number of amides is 1. The predicted molar refractivity (Wildman–Crippen MR) is 88.9 cm³/mol. The number of rotatable bonds is 3. The fraction of sp³-hybridized carbons (Fsp3) is 0.0714. The van der Waals surface area contributed by atoms with Crippen LogP contribution in [-0.4, -0.2) is 18.1 Å². The van der Waals surface area contributed by atoms with Gasteiger partial charge in [0.05, 0.1) is 24.0 Å². The van der Waals surface area contributed by atoms with Crippen LogP contribution in [0.15, 0.2) is 39.3 Å². The first-order valence-electron chi connectivity index (χ1n) is 5.85. The molecule has 0 bridgehead atoms. The molecule has 4 N–H and O–H groups in total. The molecular weight excluding hydrogens is 404 g/mol. The molecule has 0 saturated carbocycles. The van der Waals surface area contributed by atoms with E-state index >= 15 is 0 Å². The smallest absolute Gasteiger partial charge is 0.259 e. The third-order valence-corrected chi connectivity index (χ3v) is 3.86. The zero-order valence-corrected chi connectivity index (χ0v) is 14.2. The van der Waals surface area contributed by atoms with Crippen LogP contribution in [0.1, 0.15) is 10.4 Å². The first kappa shape index (κ1) is 15.7. The maximum absolute atomic E-state index is 12.2. The highest BCUT2D eigenvalue weighted by molar-refractivity contribution is 9.11. The quantitative estimate of drug-likeness (QED) is 0.666. The summed E-state index contributed by atoms with van der Waals surface area (Å²) in [5.41, 5.74) is 6.85. The van der Waals surface area contributed by atoms with Gasteiger partial charge in [0.25, 0.3) is 5.91 Å². The van der Waals surface area contributed by atoms with Gasteiger partial charge in [0.2, 0.25) is 0 Å².